The van der Waals surface area contributed by atoms with E-state index in [1.54, 1.807) is 0 Å². The number of hydrogen-bond donors (Lipinski definition) is 1. The van der Waals surface area contributed by atoms with Crippen molar-refractivity contribution in [2.75, 3.05) is 11.9 Å². The van der Waals surface area contributed by atoms with Gasteiger partial charge in [0.15, 0.2) is 0 Å². The topological polar surface area (TPSA) is 47.6 Å². The second-order valence-electron chi connectivity index (χ2n) is 7.17. The lowest BCUT2D eigenvalue weighted by Gasteiger charge is -2.38. The summed E-state index contributed by atoms with van der Waals surface area (Å²) in [5.74, 6) is 1.47. The van der Waals surface area contributed by atoms with Crippen LogP contribution >= 0.6 is 0 Å². The highest BCUT2D eigenvalue weighted by molar-refractivity contribution is 5.97. The van der Waals surface area contributed by atoms with Crippen molar-refractivity contribution in [2.45, 2.75) is 71.5 Å². The van der Waals surface area contributed by atoms with Crippen molar-refractivity contribution in [1.29, 1.82) is 0 Å². The third kappa shape index (κ3) is 4.97. The molecule has 1 aliphatic rings. The van der Waals surface area contributed by atoms with E-state index in [2.05, 4.69) is 19.2 Å². The van der Waals surface area contributed by atoms with E-state index in [1.807, 2.05) is 38.1 Å². The van der Waals surface area contributed by atoms with Gasteiger partial charge in [-0.1, -0.05) is 13.8 Å². The molecule has 1 N–H and O–H groups in total. The van der Waals surface area contributed by atoms with Crippen LogP contribution in [0.2, 0.25) is 0 Å². The van der Waals surface area contributed by atoms with Gasteiger partial charge in [0.05, 0.1) is 6.10 Å². The molecular formula is C20H31NO3. The summed E-state index contributed by atoms with van der Waals surface area (Å²) in [6, 6.07) is 7.54. The molecule has 0 aromatic heterocycles. The van der Waals surface area contributed by atoms with Crippen LogP contribution in [0.25, 0.3) is 0 Å². The van der Waals surface area contributed by atoms with E-state index in [0.29, 0.717) is 12.5 Å². The van der Waals surface area contributed by atoms with Crippen molar-refractivity contribution < 1.29 is 14.3 Å². The molecule has 1 fully saturated rings. The molecule has 1 aromatic carbocycles. The van der Waals surface area contributed by atoms with Gasteiger partial charge in [-0.15, -0.1) is 0 Å². The summed E-state index contributed by atoms with van der Waals surface area (Å²) in [7, 11) is 0. The molecule has 1 amide bonds. The maximum atomic E-state index is 12.9. The Morgan fingerprint density at radius 2 is 1.88 bits per heavy atom. The Labute approximate surface area is 145 Å². The van der Waals surface area contributed by atoms with Crippen LogP contribution in [0, 0.1) is 5.92 Å². The average molecular weight is 333 g/mol. The highest BCUT2D eigenvalue weighted by Gasteiger charge is 2.42. The van der Waals surface area contributed by atoms with E-state index in [-0.39, 0.29) is 12.0 Å². The molecule has 0 radical (unpaired) electrons. The van der Waals surface area contributed by atoms with Crippen LogP contribution in [0.4, 0.5) is 5.69 Å². The summed E-state index contributed by atoms with van der Waals surface area (Å²) in [6.45, 7) is 8.94. The fraction of sp³-hybridized carbons (Fsp3) is 0.650. The van der Waals surface area contributed by atoms with Gasteiger partial charge in [0.25, 0.3) is 5.91 Å². The van der Waals surface area contributed by atoms with Crippen molar-refractivity contribution in [3.63, 3.8) is 0 Å². The summed E-state index contributed by atoms with van der Waals surface area (Å²) in [4.78, 5) is 12.9. The van der Waals surface area contributed by atoms with Gasteiger partial charge >= 0.3 is 0 Å². The van der Waals surface area contributed by atoms with E-state index in [4.69, 9.17) is 9.47 Å². The maximum Gasteiger partial charge on any atom is 0.256 e. The molecule has 4 heteroatoms. The Balaban J connectivity index is 2.04. The minimum absolute atomic E-state index is 0.0135. The number of hydrogen-bond acceptors (Lipinski definition) is 3. The van der Waals surface area contributed by atoms with E-state index >= 15 is 0 Å². The van der Waals surface area contributed by atoms with E-state index in [1.165, 1.54) is 0 Å². The Bertz CT molecular complexity index is 511. The average Bonchev–Trinajstić information content (AvgIpc) is 2.56. The third-order valence-corrected chi connectivity index (χ3v) is 4.56. The number of carbonyl (C=O) groups is 1. The molecule has 0 heterocycles. The van der Waals surface area contributed by atoms with Gasteiger partial charge in [-0.3, -0.25) is 4.79 Å². The van der Waals surface area contributed by atoms with Crippen LogP contribution in [0.15, 0.2) is 24.3 Å². The standard InChI is InChI=1S/C20H31NO3/c1-5-14-23-20(12-10-16(4)11-13-20)19(22)21-17-6-8-18(9-7-17)24-15(2)3/h6-9,15-16H,5,10-14H2,1-4H3,(H,21,22). The molecule has 0 bridgehead atoms. The molecular weight excluding hydrogens is 302 g/mol. The number of benzene rings is 1. The first-order valence-electron chi connectivity index (χ1n) is 9.17. The van der Waals surface area contributed by atoms with Gasteiger partial charge in [0.2, 0.25) is 0 Å². The monoisotopic (exact) mass is 333 g/mol. The zero-order valence-electron chi connectivity index (χ0n) is 15.4. The first-order valence-corrected chi connectivity index (χ1v) is 9.17. The molecule has 24 heavy (non-hydrogen) atoms. The van der Waals surface area contributed by atoms with Crippen LogP contribution in [0.3, 0.4) is 0 Å². The molecule has 0 spiro atoms. The number of rotatable bonds is 7. The Morgan fingerprint density at radius 3 is 2.42 bits per heavy atom. The Morgan fingerprint density at radius 1 is 1.25 bits per heavy atom. The van der Waals surface area contributed by atoms with Crippen LogP contribution in [0.1, 0.15) is 59.8 Å². The van der Waals surface area contributed by atoms with Gasteiger partial charge in [0, 0.05) is 12.3 Å². The van der Waals surface area contributed by atoms with E-state index < -0.39 is 5.60 Å². The quantitative estimate of drug-likeness (QED) is 0.780. The van der Waals surface area contributed by atoms with Gasteiger partial charge in [-0.25, -0.2) is 0 Å². The summed E-state index contributed by atoms with van der Waals surface area (Å²) in [6.07, 6.45) is 4.74. The van der Waals surface area contributed by atoms with Crippen molar-refractivity contribution in [2.24, 2.45) is 5.92 Å². The predicted octanol–water partition coefficient (Wildman–Crippen LogP) is 4.79. The zero-order valence-corrected chi connectivity index (χ0v) is 15.4. The number of nitrogens with one attached hydrogen (secondary N) is 1. The van der Waals surface area contributed by atoms with Crippen LogP contribution in [-0.4, -0.2) is 24.2 Å². The summed E-state index contributed by atoms with van der Waals surface area (Å²) in [5.41, 5.74) is 0.115. The van der Waals surface area contributed by atoms with Crippen molar-refractivity contribution in [3.8, 4) is 5.75 Å². The minimum atomic E-state index is -0.671. The van der Waals surface area contributed by atoms with E-state index in [9.17, 15) is 4.79 Å². The summed E-state index contributed by atoms with van der Waals surface area (Å²) >= 11 is 0. The molecule has 134 valence electrons. The Kier molecular flexibility index (Phi) is 6.67. The number of ether oxygens (including phenoxy) is 2. The van der Waals surface area contributed by atoms with Gasteiger partial charge in [-0.2, -0.15) is 0 Å². The van der Waals surface area contributed by atoms with Crippen LogP contribution in [-0.2, 0) is 9.53 Å². The normalized spacial score (nSPS) is 24.0. The second kappa shape index (κ2) is 8.52. The number of amides is 1. The predicted molar refractivity (Wildman–Crippen MR) is 97.4 cm³/mol. The molecule has 4 nitrogen and oxygen atoms in total. The molecule has 1 aliphatic carbocycles. The van der Waals surface area contributed by atoms with Crippen molar-refractivity contribution in [1.82, 2.24) is 0 Å². The highest BCUT2D eigenvalue weighted by Crippen LogP contribution is 2.36. The maximum absolute atomic E-state index is 12.9. The number of anilines is 1. The van der Waals surface area contributed by atoms with Crippen LogP contribution < -0.4 is 10.1 Å². The molecule has 0 saturated heterocycles. The fourth-order valence-electron chi connectivity index (χ4n) is 3.10. The minimum Gasteiger partial charge on any atom is -0.491 e. The summed E-state index contributed by atoms with van der Waals surface area (Å²) < 4.78 is 11.7. The number of carbonyl (C=O) groups excluding carboxylic acids is 1. The first-order chi connectivity index (χ1) is 11.4. The second-order valence-corrected chi connectivity index (χ2v) is 7.17. The SMILES string of the molecule is CCCOC1(C(=O)Nc2ccc(OC(C)C)cc2)CCC(C)CC1. The lowest BCUT2D eigenvalue weighted by molar-refractivity contribution is -0.147. The largest absolute Gasteiger partial charge is 0.491 e. The van der Waals surface area contributed by atoms with Gasteiger partial charge in [0.1, 0.15) is 11.4 Å². The molecule has 2 rings (SSSR count). The third-order valence-electron chi connectivity index (χ3n) is 4.56. The van der Waals surface area contributed by atoms with Crippen molar-refractivity contribution in [3.05, 3.63) is 24.3 Å². The molecule has 1 saturated carbocycles. The van der Waals surface area contributed by atoms with Crippen molar-refractivity contribution >= 4 is 11.6 Å². The highest BCUT2D eigenvalue weighted by atomic mass is 16.5. The lowest BCUT2D eigenvalue weighted by Crippen LogP contribution is -2.48. The Hall–Kier alpha value is -1.55. The molecule has 0 aliphatic heterocycles. The molecule has 1 aromatic rings. The van der Waals surface area contributed by atoms with Gasteiger partial charge < -0.3 is 14.8 Å². The first kappa shape index (κ1) is 18.8. The van der Waals surface area contributed by atoms with E-state index in [0.717, 1.165) is 43.5 Å². The fourth-order valence-corrected chi connectivity index (χ4v) is 3.10. The molecule has 0 atom stereocenters. The summed E-state index contributed by atoms with van der Waals surface area (Å²) in [5, 5.41) is 3.04. The van der Waals surface area contributed by atoms with Crippen LogP contribution in [0.5, 0.6) is 5.75 Å². The van der Waals surface area contributed by atoms with Gasteiger partial charge in [-0.05, 0) is 76.1 Å². The molecule has 0 unspecified atom stereocenters. The zero-order chi connectivity index (χ0) is 17.6. The lowest BCUT2D eigenvalue weighted by atomic mass is 9.78. The smallest absolute Gasteiger partial charge is 0.256 e.